The molecular weight excluding hydrogens is 497 g/mol. The Balaban J connectivity index is 1.43. The van der Waals surface area contributed by atoms with Crippen molar-refractivity contribution in [2.75, 3.05) is 29.8 Å². The second-order valence-corrected chi connectivity index (χ2v) is 12.0. The van der Waals surface area contributed by atoms with Crippen LogP contribution in [-0.4, -0.2) is 64.5 Å². The van der Waals surface area contributed by atoms with E-state index in [2.05, 4.69) is 5.32 Å². The molecule has 2 atom stereocenters. The zero-order valence-electron chi connectivity index (χ0n) is 19.2. The van der Waals surface area contributed by atoms with Crippen molar-refractivity contribution in [3.8, 4) is 5.75 Å². The van der Waals surface area contributed by atoms with Crippen LogP contribution in [0, 0.1) is 12.7 Å². The maximum atomic E-state index is 13.6. The molecule has 4 rings (SSSR count). The highest BCUT2D eigenvalue weighted by Crippen LogP contribution is 2.34. The minimum atomic E-state index is -3.81. The predicted octanol–water partition coefficient (Wildman–Crippen LogP) is 0.926. The number of anilines is 1. The maximum Gasteiger partial charge on any atom is 0.258 e. The minimum absolute atomic E-state index is 0.0689. The summed E-state index contributed by atoms with van der Waals surface area (Å²) in [7, 11) is -5.40. The second kappa shape index (κ2) is 10.2. The van der Waals surface area contributed by atoms with Gasteiger partial charge in [0.1, 0.15) is 35.0 Å². The number of amides is 1. The first-order valence-electron chi connectivity index (χ1n) is 11.1. The molecule has 35 heavy (non-hydrogen) atoms. The van der Waals surface area contributed by atoms with Crippen molar-refractivity contribution in [3.63, 3.8) is 0 Å². The molecule has 2 aromatic rings. The highest BCUT2D eigenvalue weighted by Gasteiger charge is 2.32. The Bertz CT molecular complexity index is 1240. The first-order valence-corrected chi connectivity index (χ1v) is 13.8. The molecule has 0 radical (unpaired) electrons. The van der Waals surface area contributed by atoms with Gasteiger partial charge in [0.2, 0.25) is 10.0 Å². The highest BCUT2D eigenvalue weighted by atomic mass is 32.2. The van der Waals surface area contributed by atoms with Crippen LogP contribution in [0.25, 0.3) is 0 Å². The number of halogens is 1. The number of nitrogens with zero attached hydrogens (tertiary/aromatic N) is 3. The molecule has 13 heteroatoms. The average Bonchev–Trinajstić information content (AvgIpc) is 2.81. The van der Waals surface area contributed by atoms with Crippen molar-refractivity contribution in [2.24, 2.45) is 5.84 Å². The molecule has 0 aliphatic carbocycles. The molecule has 2 saturated heterocycles. The lowest BCUT2D eigenvalue weighted by Crippen LogP contribution is -2.53. The standard InChI is InChI=1S/C22H28FN5O5S2/c1-15-8-16(9-20(29)22(15)28-13-21(30)27(24)14-34(28)31)11-25-18-5-3-7-26(12-18)35(32,33)19-6-2-4-17(23)10-19/h2,4,6,8-10,18,25,29H,3,5,7,11-14,24H2,1H3/t18-,34?/m1/s1. The zero-order valence-corrected chi connectivity index (χ0v) is 20.8. The highest BCUT2D eigenvalue weighted by molar-refractivity contribution is 7.89. The molecular formula is C22H28FN5O5S2. The number of carbonyl (C=O) groups excluding carboxylic acids is 1. The van der Waals surface area contributed by atoms with Crippen molar-refractivity contribution in [1.29, 1.82) is 0 Å². The molecule has 10 nitrogen and oxygen atoms in total. The molecule has 2 aromatic carbocycles. The number of nitrogens with two attached hydrogens (primary N) is 1. The Morgan fingerprint density at radius 3 is 2.77 bits per heavy atom. The number of hydrogen-bond donors (Lipinski definition) is 3. The summed E-state index contributed by atoms with van der Waals surface area (Å²) in [5.74, 6) is 4.27. The van der Waals surface area contributed by atoms with Crippen LogP contribution in [0.5, 0.6) is 5.75 Å². The molecule has 0 bridgehead atoms. The number of phenolic OH excluding ortho intramolecular Hbond substituents is 1. The fourth-order valence-corrected chi connectivity index (χ4v) is 7.13. The fraction of sp³-hybridized carbons (Fsp3) is 0.409. The van der Waals surface area contributed by atoms with Crippen molar-refractivity contribution < 1.29 is 26.9 Å². The van der Waals surface area contributed by atoms with E-state index in [0.717, 1.165) is 23.1 Å². The lowest BCUT2D eigenvalue weighted by molar-refractivity contribution is -0.129. The van der Waals surface area contributed by atoms with Gasteiger partial charge in [0.05, 0.1) is 10.6 Å². The van der Waals surface area contributed by atoms with Gasteiger partial charge < -0.3 is 10.4 Å². The van der Waals surface area contributed by atoms with Gasteiger partial charge in [-0.2, -0.15) is 4.31 Å². The zero-order chi connectivity index (χ0) is 25.3. The number of piperidine rings is 1. The summed E-state index contributed by atoms with van der Waals surface area (Å²) in [5, 5.41) is 14.9. The molecule has 0 aromatic heterocycles. The summed E-state index contributed by atoms with van der Waals surface area (Å²) in [6, 6.07) is 8.22. The number of rotatable bonds is 6. The SMILES string of the molecule is Cc1cc(CN[C@@H]2CCCN(S(=O)(=O)c3cccc(F)c3)C2)cc(O)c1N1CC(=O)N(N)CS1=O. The number of aromatic hydroxyl groups is 1. The summed E-state index contributed by atoms with van der Waals surface area (Å²) < 4.78 is 54.6. The Morgan fingerprint density at radius 2 is 2.06 bits per heavy atom. The van der Waals surface area contributed by atoms with Crippen molar-refractivity contribution in [2.45, 2.75) is 37.2 Å². The van der Waals surface area contributed by atoms with Crippen LogP contribution in [0.15, 0.2) is 41.3 Å². The first kappa shape index (κ1) is 25.5. The summed E-state index contributed by atoms with van der Waals surface area (Å²) in [6.07, 6.45) is 1.42. The van der Waals surface area contributed by atoms with Gasteiger partial charge in [0.15, 0.2) is 0 Å². The van der Waals surface area contributed by atoms with E-state index in [0.29, 0.717) is 30.8 Å². The van der Waals surface area contributed by atoms with E-state index in [1.165, 1.54) is 32.9 Å². The molecule has 1 unspecified atom stereocenters. The molecule has 2 aliphatic rings. The summed E-state index contributed by atoms with van der Waals surface area (Å²) in [5.41, 5.74) is 1.72. The number of hydrogen-bond acceptors (Lipinski definition) is 7. The lowest BCUT2D eigenvalue weighted by Gasteiger charge is -2.33. The second-order valence-electron chi connectivity index (χ2n) is 8.67. The third kappa shape index (κ3) is 5.48. The normalized spacial score (nSPS) is 22.0. The quantitative estimate of drug-likeness (QED) is 0.377. The van der Waals surface area contributed by atoms with Crippen molar-refractivity contribution >= 4 is 32.6 Å². The molecule has 2 fully saturated rings. The van der Waals surface area contributed by atoms with Crippen molar-refractivity contribution in [3.05, 3.63) is 53.3 Å². The van der Waals surface area contributed by atoms with Gasteiger partial charge in [-0.25, -0.2) is 22.9 Å². The van der Waals surface area contributed by atoms with Gasteiger partial charge in [-0.05, 0) is 55.2 Å². The van der Waals surface area contributed by atoms with Gasteiger partial charge in [0, 0.05) is 25.7 Å². The van der Waals surface area contributed by atoms with Crippen LogP contribution in [0.2, 0.25) is 0 Å². The monoisotopic (exact) mass is 525 g/mol. The van der Waals surface area contributed by atoms with Crippen LogP contribution >= 0.6 is 0 Å². The number of phenols is 1. The Kier molecular flexibility index (Phi) is 7.43. The molecule has 1 amide bonds. The van der Waals surface area contributed by atoms with Crippen LogP contribution in [0.1, 0.15) is 24.0 Å². The van der Waals surface area contributed by atoms with Crippen LogP contribution in [-0.2, 0) is 32.3 Å². The largest absolute Gasteiger partial charge is 0.506 e. The summed E-state index contributed by atoms with van der Waals surface area (Å²) in [6.45, 7) is 2.52. The van der Waals surface area contributed by atoms with E-state index < -0.39 is 32.7 Å². The Hall–Kier alpha value is -2.58. The maximum absolute atomic E-state index is 13.6. The van der Waals surface area contributed by atoms with E-state index in [4.69, 9.17) is 5.84 Å². The number of sulfonamides is 1. The molecule has 2 aliphatic heterocycles. The van der Waals surface area contributed by atoms with Gasteiger partial charge in [-0.1, -0.05) is 12.1 Å². The van der Waals surface area contributed by atoms with Gasteiger partial charge in [-0.15, -0.1) is 0 Å². The van der Waals surface area contributed by atoms with Crippen LogP contribution < -0.4 is 15.5 Å². The first-order chi connectivity index (χ1) is 16.6. The third-order valence-electron chi connectivity index (χ3n) is 6.10. The smallest absolute Gasteiger partial charge is 0.258 e. The van der Waals surface area contributed by atoms with E-state index in [1.54, 1.807) is 6.92 Å². The number of hydrazine groups is 1. The van der Waals surface area contributed by atoms with Gasteiger partial charge in [-0.3, -0.25) is 14.1 Å². The van der Waals surface area contributed by atoms with Gasteiger partial charge in [0.25, 0.3) is 5.91 Å². The predicted molar refractivity (Wildman–Crippen MR) is 129 cm³/mol. The van der Waals surface area contributed by atoms with E-state index in [9.17, 15) is 26.9 Å². The molecule has 0 spiro atoms. The molecule has 190 valence electrons. The summed E-state index contributed by atoms with van der Waals surface area (Å²) >= 11 is 0. The number of aryl methyl sites for hydroxylation is 1. The topological polar surface area (TPSA) is 136 Å². The Morgan fingerprint density at radius 1 is 1.29 bits per heavy atom. The van der Waals surface area contributed by atoms with E-state index >= 15 is 0 Å². The molecule has 4 N–H and O–H groups in total. The average molecular weight is 526 g/mol. The lowest BCUT2D eigenvalue weighted by atomic mass is 10.1. The number of carbonyl (C=O) groups is 1. The van der Waals surface area contributed by atoms with E-state index in [-0.39, 0.29) is 35.7 Å². The molecule has 0 saturated carbocycles. The van der Waals surface area contributed by atoms with Crippen molar-refractivity contribution in [1.82, 2.24) is 14.6 Å². The third-order valence-corrected chi connectivity index (χ3v) is 9.26. The van der Waals surface area contributed by atoms with Gasteiger partial charge >= 0.3 is 0 Å². The fourth-order valence-electron chi connectivity index (χ4n) is 4.35. The summed E-state index contributed by atoms with van der Waals surface area (Å²) in [4.78, 5) is 11.9. The number of nitrogens with one attached hydrogen (secondary N) is 1. The number of benzene rings is 2. The Labute approximate surface area is 206 Å². The minimum Gasteiger partial charge on any atom is -0.506 e. The van der Waals surface area contributed by atoms with E-state index in [1.807, 2.05) is 6.07 Å². The van der Waals surface area contributed by atoms with Crippen LogP contribution in [0.4, 0.5) is 10.1 Å². The molecule has 2 heterocycles. The van der Waals surface area contributed by atoms with Crippen LogP contribution in [0.3, 0.4) is 0 Å².